The van der Waals surface area contributed by atoms with Gasteiger partial charge in [-0.1, -0.05) is 11.6 Å². The molecule has 1 aliphatic carbocycles. The number of hydrogen-bond donors (Lipinski definition) is 1. The van der Waals surface area contributed by atoms with Gasteiger partial charge in [0.15, 0.2) is 0 Å². The molecule has 0 bridgehead atoms. The van der Waals surface area contributed by atoms with Crippen molar-refractivity contribution >= 4 is 28.4 Å². The molecule has 29 heavy (non-hydrogen) atoms. The van der Waals surface area contributed by atoms with Crippen LogP contribution >= 0.6 is 11.6 Å². The summed E-state index contributed by atoms with van der Waals surface area (Å²) in [6.07, 6.45) is 4.30. The number of halogens is 4. The number of pyridine rings is 1. The highest BCUT2D eigenvalue weighted by molar-refractivity contribution is 6.32. The summed E-state index contributed by atoms with van der Waals surface area (Å²) in [5.41, 5.74) is 0.782. The number of likely N-dealkylation sites (tertiary alicyclic amines) is 1. The van der Waals surface area contributed by atoms with E-state index in [4.69, 9.17) is 11.6 Å². The van der Waals surface area contributed by atoms with E-state index in [1.807, 2.05) is 0 Å². The summed E-state index contributed by atoms with van der Waals surface area (Å²) in [7, 11) is 0. The van der Waals surface area contributed by atoms with E-state index < -0.39 is 12.8 Å². The highest BCUT2D eigenvalue weighted by Gasteiger charge is 2.34. The third-order valence-corrected chi connectivity index (χ3v) is 5.92. The fourth-order valence-electron chi connectivity index (χ4n) is 4.05. The number of hydrogen-bond acceptors (Lipinski definition) is 4. The monoisotopic (exact) mass is 427 g/mol. The van der Waals surface area contributed by atoms with Crippen molar-refractivity contribution in [1.82, 2.24) is 15.2 Å². The number of aromatic nitrogens is 1. The van der Waals surface area contributed by atoms with Crippen LogP contribution in [0, 0.1) is 0 Å². The van der Waals surface area contributed by atoms with Crippen molar-refractivity contribution in [3.05, 3.63) is 35.0 Å². The van der Waals surface area contributed by atoms with E-state index in [0.29, 0.717) is 35.6 Å². The predicted molar refractivity (Wildman–Crippen MR) is 103 cm³/mol. The van der Waals surface area contributed by atoms with Crippen LogP contribution in [0.25, 0.3) is 10.9 Å². The van der Waals surface area contributed by atoms with Crippen molar-refractivity contribution in [1.29, 1.82) is 0 Å². The van der Waals surface area contributed by atoms with Crippen molar-refractivity contribution in [3.63, 3.8) is 0 Å². The summed E-state index contributed by atoms with van der Waals surface area (Å²) in [5.74, 6) is -0.392. The number of carbonyl (C=O) groups excluding carboxylic acids is 1. The molecule has 0 atom stereocenters. The van der Waals surface area contributed by atoms with E-state index >= 15 is 0 Å². The first-order chi connectivity index (χ1) is 13.9. The van der Waals surface area contributed by atoms with Gasteiger partial charge < -0.3 is 10.1 Å². The van der Waals surface area contributed by atoms with Crippen LogP contribution in [0.3, 0.4) is 0 Å². The Kier molecular flexibility index (Phi) is 5.83. The molecule has 1 saturated carbocycles. The number of alkyl halides is 3. The lowest BCUT2D eigenvalue weighted by molar-refractivity contribution is -0.0497. The molecule has 5 nitrogen and oxygen atoms in total. The zero-order chi connectivity index (χ0) is 20.5. The first kappa shape index (κ1) is 20.2. The first-order valence-electron chi connectivity index (χ1n) is 9.62. The second-order valence-electron chi connectivity index (χ2n) is 7.61. The van der Waals surface area contributed by atoms with Gasteiger partial charge in [0.1, 0.15) is 11.9 Å². The summed E-state index contributed by atoms with van der Waals surface area (Å²) in [6.45, 7) is -1.93. The summed E-state index contributed by atoms with van der Waals surface area (Å²) in [6, 6.07) is 4.88. The molecule has 1 N–H and O–H groups in total. The van der Waals surface area contributed by atoms with Crippen LogP contribution in [0.1, 0.15) is 36.0 Å². The normalized spacial score (nSPS) is 23.2. The number of rotatable bonds is 5. The fraction of sp³-hybridized carbons (Fsp3) is 0.500. The molecule has 9 heteroatoms. The minimum atomic E-state index is -2.98. The molecule has 1 aromatic heterocycles. The standard InChI is InChI=1S/C20H21ClF3N3O2/c21-16-6-11-5-12(8-25-17(11)7-18(16)29-20(23)24)19(28)26-14-1-3-15(4-2-14)27-9-13(22)10-27/h5-8,13-15,20H,1-4,9-10H2,(H,26,28). The third kappa shape index (κ3) is 4.59. The molecule has 2 heterocycles. The fourth-order valence-corrected chi connectivity index (χ4v) is 4.26. The molecule has 0 radical (unpaired) electrons. The Labute approximate surface area is 171 Å². The smallest absolute Gasteiger partial charge is 0.387 e. The Hall–Kier alpha value is -2.06. The van der Waals surface area contributed by atoms with Crippen LogP contribution in [0.15, 0.2) is 24.4 Å². The number of carbonyl (C=O) groups is 1. The third-order valence-electron chi connectivity index (χ3n) is 5.63. The molecule has 2 aromatic rings. The van der Waals surface area contributed by atoms with Gasteiger partial charge in [-0.05, 0) is 37.8 Å². The van der Waals surface area contributed by atoms with Gasteiger partial charge in [0.2, 0.25) is 0 Å². The largest absolute Gasteiger partial charge is 0.433 e. The van der Waals surface area contributed by atoms with Gasteiger partial charge in [0.25, 0.3) is 5.91 Å². The highest BCUT2D eigenvalue weighted by atomic mass is 35.5. The minimum Gasteiger partial charge on any atom is -0.433 e. The quantitative estimate of drug-likeness (QED) is 0.777. The lowest BCUT2D eigenvalue weighted by Gasteiger charge is -2.43. The Balaban J connectivity index is 1.38. The first-order valence-corrected chi connectivity index (χ1v) is 10.00. The molecule has 2 fully saturated rings. The Morgan fingerprint density at radius 2 is 1.93 bits per heavy atom. The topological polar surface area (TPSA) is 54.5 Å². The molecule has 1 aliphatic heterocycles. The van der Waals surface area contributed by atoms with Crippen LogP contribution in [0.5, 0.6) is 5.75 Å². The van der Waals surface area contributed by atoms with E-state index in [2.05, 4.69) is 19.9 Å². The van der Waals surface area contributed by atoms with Crippen LogP contribution in [-0.4, -0.2) is 53.7 Å². The Morgan fingerprint density at radius 1 is 1.21 bits per heavy atom. The van der Waals surface area contributed by atoms with E-state index in [0.717, 1.165) is 25.7 Å². The maximum atomic E-state index is 13.0. The lowest BCUT2D eigenvalue weighted by atomic mass is 9.88. The number of nitrogens with zero attached hydrogens (tertiary/aromatic N) is 2. The minimum absolute atomic E-state index is 0.0250. The van der Waals surface area contributed by atoms with Crippen molar-refractivity contribution in [2.75, 3.05) is 13.1 Å². The zero-order valence-corrected chi connectivity index (χ0v) is 16.3. The van der Waals surface area contributed by atoms with Crippen molar-refractivity contribution in [2.45, 2.75) is 50.6 Å². The summed E-state index contributed by atoms with van der Waals surface area (Å²) in [5, 5.41) is 3.61. The number of nitrogens with one attached hydrogen (secondary N) is 1. The maximum absolute atomic E-state index is 13.0. The van der Waals surface area contributed by atoms with Crippen molar-refractivity contribution in [3.8, 4) is 5.75 Å². The van der Waals surface area contributed by atoms with Crippen molar-refractivity contribution in [2.24, 2.45) is 0 Å². The summed E-state index contributed by atoms with van der Waals surface area (Å²) < 4.78 is 42.2. The molecule has 0 spiro atoms. The van der Waals surface area contributed by atoms with Gasteiger partial charge in [-0.2, -0.15) is 8.78 Å². The number of amides is 1. The predicted octanol–water partition coefficient (Wildman–Crippen LogP) is 4.18. The number of fused-ring (bicyclic) bond motifs is 1. The molecule has 4 rings (SSSR count). The molecule has 0 unspecified atom stereocenters. The molecule has 2 aliphatic rings. The van der Waals surface area contributed by atoms with Crippen LogP contribution in [-0.2, 0) is 0 Å². The lowest BCUT2D eigenvalue weighted by Crippen LogP contribution is -2.55. The molecule has 1 aromatic carbocycles. The van der Waals surface area contributed by atoms with E-state index in [1.165, 1.54) is 18.3 Å². The summed E-state index contributed by atoms with van der Waals surface area (Å²) >= 11 is 5.99. The second-order valence-corrected chi connectivity index (χ2v) is 8.02. The van der Waals surface area contributed by atoms with Gasteiger partial charge in [-0.25, -0.2) is 4.39 Å². The highest BCUT2D eigenvalue weighted by Crippen LogP contribution is 2.31. The van der Waals surface area contributed by atoms with Gasteiger partial charge >= 0.3 is 6.61 Å². The Bertz CT molecular complexity index is 900. The second kappa shape index (κ2) is 8.36. The average molecular weight is 428 g/mol. The maximum Gasteiger partial charge on any atom is 0.387 e. The molecule has 1 amide bonds. The molecule has 156 valence electrons. The van der Waals surface area contributed by atoms with Gasteiger partial charge in [-0.15, -0.1) is 0 Å². The molecule has 1 saturated heterocycles. The van der Waals surface area contributed by atoms with Crippen LogP contribution in [0.2, 0.25) is 5.02 Å². The SMILES string of the molecule is O=C(NC1CCC(N2CC(F)C2)CC1)c1cnc2cc(OC(F)F)c(Cl)cc2c1. The zero-order valence-electron chi connectivity index (χ0n) is 15.6. The van der Waals surface area contributed by atoms with Crippen LogP contribution in [0.4, 0.5) is 13.2 Å². The number of ether oxygens (including phenoxy) is 1. The molecular formula is C20H21ClF3N3O2. The summed E-state index contributed by atoms with van der Waals surface area (Å²) in [4.78, 5) is 19.0. The Morgan fingerprint density at radius 3 is 2.59 bits per heavy atom. The van der Waals surface area contributed by atoms with E-state index in [-0.39, 0.29) is 22.7 Å². The van der Waals surface area contributed by atoms with Crippen molar-refractivity contribution < 1.29 is 22.7 Å². The van der Waals surface area contributed by atoms with E-state index in [9.17, 15) is 18.0 Å². The molecular weight excluding hydrogens is 407 g/mol. The van der Waals surface area contributed by atoms with Gasteiger partial charge in [-0.3, -0.25) is 14.7 Å². The number of benzene rings is 1. The average Bonchev–Trinajstić information content (AvgIpc) is 2.66. The van der Waals surface area contributed by atoms with Crippen LogP contribution < -0.4 is 10.1 Å². The van der Waals surface area contributed by atoms with Gasteiger partial charge in [0, 0.05) is 42.8 Å². The van der Waals surface area contributed by atoms with Gasteiger partial charge in [0.05, 0.1) is 16.1 Å². The van der Waals surface area contributed by atoms with E-state index in [1.54, 1.807) is 6.07 Å².